The van der Waals surface area contributed by atoms with Crippen molar-refractivity contribution in [1.82, 2.24) is 5.32 Å². The zero-order valence-electron chi connectivity index (χ0n) is 11.2. The van der Waals surface area contributed by atoms with E-state index in [0.29, 0.717) is 0 Å². The fourth-order valence-electron chi connectivity index (χ4n) is 2.63. The number of hydrogen-bond acceptors (Lipinski definition) is 2. The van der Waals surface area contributed by atoms with Gasteiger partial charge in [-0.3, -0.25) is 4.79 Å². The van der Waals surface area contributed by atoms with Crippen LogP contribution in [0.3, 0.4) is 0 Å². The van der Waals surface area contributed by atoms with E-state index in [1.807, 2.05) is 6.92 Å². The minimum Gasteiger partial charge on any atom is -0.349 e. The lowest BCUT2D eigenvalue weighted by Gasteiger charge is -2.27. The van der Waals surface area contributed by atoms with Crippen LogP contribution in [-0.2, 0) is 4.79 Å². The third-order valence-corrected chi connectivity index (χ3v) is 3.81. The van der Waals surface area contributed by atoms with E-state index in [9.17, 15) is 9.18 Å². The second kappa shape index (κ2) is 6.15. The summed E-state index contributed by atoms with van der Waals surface area (Å²) in [5.74, 6) is -0.181. The van der Waals surface area contributed by atoms with Gasteiger partial charge in [0, 0.05) is 12.0 Å². The van der Waals surface area contributed by atoms with Gasteiger partial charge in [-0.2, -0.15) is 0 Å². The van der Waals surface area contributed by atoms with Gasteiger partial charge in [0.2, 0.25) is 5.91 Å². The van der Waals surface area contributed by atoms with Crippen LogP contribution < -0.4 is 11.1 Å². The molecule has 0 bridgehead atoms. The molecule has 1 aliphatic rings. The molecule has 3 nitrogen and oxygen atoms in total. The van der Waals surface area contributed by atoms with E-state index in [4.69, 9.17) is 5.73 Å². The molecule has 0 radical (unpaired) electrons. The molecule has 1 aromatic carbocycles. The highest BCUT2D eigenvalue weighted by atomic mass is 19.1. The van der Waals surface area contributed by atoms with Gasteiger partial charge < -0.3 is 11.1 Å². The van der Waals surface area contributed by atoms with Crippen LogP contribution in [0.1, 0.15) is 44.2 Å². The summed E-state index contributed by atoms with van der Waals surface area (Å²) in [5, 5.41) is 2.99. The van der Waals surface area contributed by atoms with Gasteiger partial charge in [0.05, 0.1) is 6.04 Å². The lowest BCUT2D eigenvalue weighted by Crippen LogP contribution is -2.38. The van der Waals surface area contributed by atoms with Crippen LogP contribution in [-0.4, -0.2) is 11.9 Å². The van der Waals surface area contributed by atoms with Crippen molar-refractivity contribution in [2.24, 2.45) is 11.7 Å². The SMILES string of the molecule is C[C@H](NC(=O)C1CCCC(N)C1)c1ccc(F)cc1. The first kappa shape index (κ1) is 14.0. The summed E-state index contributed by atoms with van der Waals surface area (Å²) in [6.45, 7) is 1.91. The Morgan fingerprint density at radius 3 is 2.68 bits per heavy atom. The summed E-state index contributed by atoms with van der Waals surface area (Å²) in [6, 6.07) is 6.26. The third-order valence-electron chi connectivity index (χ3n) is 3.81. The molecule has 19 heavy (non-hydrogen) atoms. The van der Waals surface area contributed by atoms with Crippen molar-refractivity contribution >= 4 is 5.91 Å². The van der Waals surface area contributed by atoms with E-state index in [1.54, 1.807) is 12.1 Å². The zero-order chi connectivity index (χ0) is 13.8. The number of rotatable bonds is 3. The van der Waals surface area contributed by atoms with Gasteiger partial charge in [0.25, 0.3) is 0 Å². The lowest BCUT2D eigenvalue weighted by molar-refractivity contribution is -0.126. The maximum absolute atomic E-state index is 12.8. The summed E-state index contributed by atoms with van der Waals surface area (Å²) in [4.78, 5) is 12.2. The number of hydrogen-bond donors (Lipinski definition) is 2. The molecule has 1 aliphatic carbocycles. The standard InChI is InChI=1S/C15H21FN2O/c1-10(11-5-7-13(16)8-6-11)18-15(19)12-3-2-4-14(17)9-12/h5-8,10,12,14H,2-4,9,17H2,1H3,(H,18,19)/t10-,12?,14?/m0/s1. The highest BCUT2D eigenvalue weighted by Crippen LogP contribution is 2.24. The van der Waals surface area contributed by atoms with Gasteiger partial charge >= 0.3 is 0 Å². The highest BCUT2D eigenvalue weighted by Gasteiger charge is 2.26. The third kappa shape index (κ3) is 3.77. The van der Waals surface area contributed by atoms with E-state index < -0.39 is 0 Å². The molecule has 104 valence electrons. The van der Waals surface area contributed by atoms with Crippen molar-refractivity contribution in [1.29, 1.82) is 0 Å². The molecule has 0 heterocycles. The Morgan fingerprint density at radius 1 is 1.37 bits per heavy atom. The molecule has 0 saturated heterocycles. The Hall–Kier alpha value is -1.42. The van der Waals surface area contributed by atoms with Crippen LogP contribution in [0.25, 0.3) is 0 Å². The smallest absolute Gasteiger partial charge is 0.223 e. The van der Waals surface area contributed by atoms with Crippen molar-refractivity contribution in [3.05, 3.63) is 35.6 Å². The number of carbonyl (C=O) groups is 1. The zero-order valence-corrected chi connectivity index (χ0v) is 11.2. The van der Waals surface area contributed by atoms with Crippen LogP contribution in [0.5, 0.6) is 0 Å². The number of nitrogens with two attached hydrogens (primary N) is 1. The second-order valence-electron chi connectivity index (χ2n) is 5.41. The van der Waals surface area contributed by atoms with Gasteiger partial charge in [-0.25, -0.2) is 4.39 Å². The maximum Gasteiger partial charge on any atom is 0.223 e. The minimum atomic E-state index is -0.263. The van der Waals surface area contributed by atoms with Gasteiger partial charge in [-0.15, -0.1) is 0 Å². The largest absolute Gasteiger partial charge is 0.349 e. The summed E-state index contributed by atoms with van der Waals surface area (Å²) in [6.07, 6.45) is 3.71. The minimum absolute atomic E-state index is 0.0200. The van der Waals surface area contributed by atoms with Crippen LogP contribution in [0, 0.1) is 11.7 Å². The first-order valence-corrected chi connectivity index (χ1v) is 6.87. The predicted molar refractivity (Wildman–Crippen MR) is 72.9 cm³/mol. The van der Waals surface area contributed by atoms with Gasteiger partial charge in [0.15, 0.2) is 0 Å². The number of amides is 1. The summed E-state index contributed by atoms with van der Waals surface area (Å²) >= 11 is 0. The van der Waals surface area contributed by atoms with Crippen LogP contribution in [0.2, 0.25) is 0 Å². The second-order valence-corrected chi connectivity index (χ2v) is 5.41. The molecule has 3 N–H and O–H groups in total. The number of nitrogens with one attached hydrogen (secondary N) is 1. The number of carbonyl (C=O) groups excluding carboxylic acids is 1. The molecule has 1 fully saturated rings. The Labute approximate surface area is 113 Å². The van der Waals surface area contributed by atoms with Gasteiger partial charge in [-0.1, -0.05) is 18.6 Å². The Balaban J connectivity index is 1.92. The molecular formula is C15H21FN2O. The van der Waals surface area contributed by atoms with E-state index in [-0.39, 0.29) is 29.7 Å². The Morgan fingerprint density at radius 2 is 2.05 bits per heavy atom. The number of benzene rings is 1. The molecule has 3 atom stereocenters. The molecule has 2 rings (SSSR count). The predicted octanol–water partition coefficient (Wildman–Crippen LogP) is 2.52. The van der Waals surface area contributed by atoms with E-state index in [1.165, 1.54) is 12.1 Å². The van der Waals surface area contributed by atoms with E-state index in [0.717, 1.165) is 31.2 Å². The van der Waals surface area contributed by atoms with Crippen LogP contribution in [0.15, 0.2) is 24.3 Å². The molecule has 0 aromatic heterocycles. The van der Waals surface area contributed by atoms with Crippen molar-refractivity contribution in [2.45, 2.75) is 44.7 Å². The summed E-state index contributed by atoms with van der Waals surface area (Å²) in [7, 11) is 0. The fourth-order valence-corrected chi connectivity index (χ4v) is 2.63. The monoisotopic (exact) mass is 264 g/mol. The number of halogens is 1. The molecule has 1 saturated carbocycles. The lowest BCUT2D eigenvalue weighted by atomic mass is 9.85. The molecule has 0 spiro atoms. The van der Waals surface area contributed by atoms with Gasteiger partial charge in [0.1, 0.15) is 5.82 Å². The summed E-state index contributed by atoms with van der Waals surface area (Å²) in [5.41, 5.74) is 6.81. The van der Waals surface area contributed by atoms with Crippen molar-refractivity contribution in [2.75, 3.05) is 0 Å². The first-order chi connectivity index (χ1) is 9.06. The van der Waals surface area contributed by atoms with E-state index >= 15 is 0 Å². The topological polar surface area (TPSA) is 55.1 Å². The first-order valence-electron chi connectivity index (χ1n) is 6.87. The van der Waals surface area contributed by atoms with Crippen molar-refractivity contribution < 1.29 is 9.18 Å². The van der Waals surface area contributed by atoms with Crippen LogP contribution in [0.4, 0.5) is 4.39 Å². The molecule has 2 unspecified atom stereocenters. The normalized spacial score (nSPS) is 24.8. The maximum atomic E-state index is 12.8. The van der Waals surface area contributed by atoms with Crippen molar-refractivity contribution in [3.63, 3.8) is 0 Å². The highest BCUT2D eigenvalue weighted by molar-refractivity contribution is 5.79. The molecule has 1 aromatic rings. The quantitative estimate of drug-likeness (QED) is 0.881. The fraction of sp³-hybridized carbons (Fsp3) is 0.533. The molecule has 0 aliphatic heterocycles. The molecule has 1 amide bonds. The molecular weight excluding hydrogens is 243 g/mol. The molecule has 4 heteroatoms. The van der Waals surface area contributed by atoms with Gasteiger partial charge in [-0.05, 0) is 43.9 Å². The van der Waals surface area contributed by atoms with E-state index in [2.05, 4.69) is 5.32 Å². The average molecular weight is 264 g/mol. The summed E-state index contributed by atoms with van der Waals surface area (Å²) < 4.78 is 12.8. The van der Waals surface area contributed by atoms with Crippen molar-refractivity contribution in [3.8, 4) is 0 Å². The average Bonchev–Trinajstić information content (AvgIpc) is 2.39. The Kier molecular flexibility index (Phi) is 4.53. The van der Waals surface area contributed by atoms with Crippen LogP contribution >= 0.6 is 0 Å². The Bertz CT molecular complexity index is 432.